The summed E-state index contributed by atoms with van der Waals surface area (Å²) in [6.07, 6.45) is 1.27. The third kappa shape index (κ3) is 2.52. The van der Waals surface area contributed by atoms with Gasteiger partial charge in [-0.25, -0.2) is 0 Å². The Kier molecular flexibility index (Phi) is 4.09. The van der Waals surface area contributed by atoms with Crippen LogP contribution >= 0.6 is 0 Å². The highest BCUT2D eigenvalue weighted by Gasteiger charge is 2.52. The van der Waals surface area contributed by atoms with Crippen LogP contribution in [0.25, 0.3) is 0 Å². The highest BCUT2D eigenvalue weighted by Crippen LogP contribution is 2.44. The third-order valence-corrected chi connectivity index (χ3v) is 9.83. The van der Waals surface area contributed by atoms with Crippen molar-refractivity contribution in [2.24, 2.45) is 0 Å². The molecule has 0 amide bonds. The molecule has 120 valence electrons. The maximum absolute atomic E-state index is 6.96. The summed E-state index contributed by atoms with van der Waals surface area (Å²) in [5.74, 6) is 0. The summed E-state index contributed by atoms with van der Waals surface area (Å²) in [5, 5.41) is 2.75. The molecule has 0 N–H and O–H groups in total. The summed E-state index contributed by atoms with van der Waals surface area (Å²) in [7, 11) is -2.23. The lowest BCUT2D eigenvalue weighted by Crippen LogP contribution is -2.60. The molecule has 0 saturated carbocycles. The predicted molar refractivity (Wildman–Crippen MR) is 102 cm³/mol. The minimum absolute atomic E-state index is 0.188. The van der Waals surface area contributed by atoms with Crippen LogP contribution in [0, 0.1) is 0 Å². The van der Waals surface area contributed by atoms with Crippen molar-refractivity contribution in [2.45, 2.75) is 25.0 Å². The molecule has 1 nitrogen and oxygen atoms in total. The predicted octanol–water partition coefficient (Wildman–Crippen LogP) is 4.30. The molecule has 1 aliphatic rings. The van der Waals surface area contributed by atoms with Crippen LogP contribution in [0.3, 0.4) is 0 Å². The van der Waals surface area contributed by atoms with E-state index in [4.69, 9.17) is 4.43 Å². The van der Waals surface area contributed by atoms with Crippen molar-refractivity contribution in [2.75, 3.05) is 0 Å². The molecule has 1 heterocycles. The van der Waals surface area contributed by atoms with Gasteiger partial charge in [-0.2, -0.15) is 0 Å². The molecule has 1 fully saturated rings. The summed E-state index contributed by atoms with van der Waals surface area (Å²) in [4.78, 5) is 0. The van der Waals surface area contributed by atoms with E-state index in [9.17, 15) is 0 Å². The van der Waals surface area contributed by atoms with Crippen molar-refractivity contribution < 1.29 is 4.43 Å². The Hall–Kier alpha value is -2.16. The minimum Gasteiger partial charge on any atom is -0.401 e. The molecule has 0 spiro atoms. The second-order valence-electron chi connectivity index (χ2n) is 6.62. The monoisotopic (exact) mass is 330 g/mol. The van der Waals surface area contributed by atoms with E-state index in [-0.39, 0.29) is 6.10 Å². The van der Waals surface area contributed by atoms with Crippen molar-refractivity contribution in [3.63, 3.8) is 0 Å². The summed E-state index contributed by atoms with van der Waals surface area (Å²) in [6, 6.07) is 32.4. The van der Waals surface area contributed by atoms with Gasteiger partial charge in [0.15, 0.2) is 0 Å². The lowest BCUT2D eigenvalue weighted by molar-refractivity contribution is 0.234. The highest BCUT2D eigenvalue weighted by atomic mass is 28.4. The van der Waals surface area contributed by atoms with Crippen LogP contribution in [0.5, 0.6) is 0 Å². The van der Waals surface area contributed by atoms with Gasteiger partial charge in [-0.05, 0) is 27.9 Å². The van der Waals surface area contributed by atoms with E-state index >= 15 is 0 Å². The van der Waals surface area contributed by atoms with Crippen LogP contribution in [0.15, 0.2) is 91.0 Å². The lowest BCUT2D eigenvalue weighted by atomic mass is 10.1. The van der Waals surface area contributed by atoms with Crippen LogP contribution in [-0.2, 0) is 4.43 Å². The molecular formula is C22H22OSi. The zero-order valence-electron chi connectivity index (χ0n) is 13.9. The second kappa shape index (κ2) is 6.38. The fourth-order valence-corrected chi connectivity index (χ4v) is 8.57. The van der Waals surface area contributed by atoms with E-state index in [0.29, 0.717) is 5.54 Å². The molecular weight excluding hydrogens is 308 g/mol. The summed E-state index contributed by atoms with van der Waals surface area (Å²) in [5.41, 5.74) is 1.83. The van der Waals surface area contributed by atoms with Gasteiger partial charge in [0, 0.05) is 0 Å². The van der Waals surface area contributed by atoms with Gasteiger partial charge in [-0.3, -0.25) is 0 Å². The van der Waals surface area contributed by atoms with Gasteiger partial charge < -0.3 is 4.43 Å². The fourth-order valence-electron chi connectivity index (χ4n) is 3.99. The summed E-state index contributed by atoms with van der Waals surface area (Å²) in [6.45, 7) is 2.37. The van der Waals surface area contributed by atoms with Crippen molar-refractivity contribution in [3.05, 3.63) is 96.6 Å². The first-order chi connectivity index (χ1) is 11.8. The SMILES string of the molecule is C[C@H]1C[C@@H](c2ccccc2)O[Si]1(c1ccccc1)c1ccccc1. The van der Waals surface area contributed by atoms with Gasteiger partial charge in [0.2, 0.25) is 0 Å². The van der Waals surface area contributed by atoms with Crippen molar-refractivity contribution in [1.82, 2.24) is 0 Å². The first kappa shape index (κ1) is 15.4. The Morgan fingerprint density at radius 3 is 1.67 bits per heavy atom. The fraction of sp³-hybridized carbons (Fsp3) is 0.182. The molecule has 3 aromatic rings. The quantitative estimate of drug-likeness (QED) is 0.651. The van der Waals surface area contributed by atoms with Crippen molar-refractivity contribution in [3.8, 4) is 0 Å². The molecule has 1 aliphatic heterocycles. The molecule has 0 radical (unpaired) electrons. The minimum atomic E-state index is -2.23. The number of benzene rings is 3. The third-order valence-electron chi connectivity index (χ3n) is 5.17. The van der Waals surface area contributed by atoms with E-state index in [1.807, 2.05) is 0 Å². The van der Waals surface area contributed by atoms with Gasteiger partial charge in [-0.15, -0.1) is 0 Å². The Morgan fingerprint density at radius 1 is 0.708 bits per heavy atom. The van der Waals surface area contributed by atoms with E-state index in [1.165, 1.54) is 15.9 Å². The Labute approximate surface area is 145 Å². The first-order valence-corrected chi connectivity index (χ1v) is 10.6. The highest BCUT2D eigenvalue weighted by molar-refractivity contribution is 6.98. The first-order valence-electron chi connectivity index (χ1n) is 8.64. The Bertz CT molecular complexity index is 746. The van der Waals surface area contributed by atoms with E-state index < -0.39 is 8.32 Å². The summed E-state index contributed by atoms with van der Waals surface area (Å²) < 4.78 is 6.96. The number of hydrogen-bond donors (Lipinski definition) is 0. The summed E-state index contributed by atoms with van der Waals surface area (Å²) >= 11 is 0. The second-order valence-corrected chi connectivity index (χ2v) is 10.5. The molecule has 0 bridgehead atoms. The molecule has 2 heteroatoms. The Balaban J connectivity index is 1.83. The lowest BCUT2D eigenvalue weighted by Gasteiger charge is -2.31. The Morgan fingerprint density at radius 2 is 1.17 bits per heavy atom. The van der Waals surface area contributed by atoms with Gasteiger partial charge in [0.25, 0.3) is 8.32 Å². The molecule has 24 heavy (non-hydrogen) atoms. The standard InChI is InChI=1S/C22H22OSi/c1-18-17-22(19-11-5-2-6-12-19)23-24(18,20-13-7-3-8-14-20)21-15-9-4-10-16-21/h2-16,18,22H,17H2,1H3/t18-,22-/m0/s1. The topological polar surface area (TPSA) is 9.23 Å². The zero-order valence-corrected chi connectivity index (χ0v) is 14.9. The normalized spacial score (nSPS) is 22.4. The van der Waals surface area contributed by atoms with Gasteiger partial charge >= 0.3 is 0 Å². The molecule has 0 aliphatic carbocycles. The molecule has 0 unspecified atom stereocenters. The molecule has 4 rings (SSSR count). The van der Waals surface area contributed by atoms with E-state index in [2.05, 4.69) is 97.9 Å². The number of rotatable bonds is 3. The van der Waals surface area contributed by atoms with Crippen LogP contribution in [0.2, 0.25) is 5.54 Å². The maximum atomic E-state index is 6.96. The van der Waals surface area contributed by atoms with Crippen molar-refractivity contribution in [1.29, 1.82) is 0 Å². The van der Waals surface area contributed by atoms with Crippen LogP contribution in [-0.4, -0.2) is 8.32 Å². The van der Waals surface area contributed by atoms with E-state index in [1.54, 1.807) is 0 Å². The average molecular weight is 331 g/mol. The van der Waals surface area contributed by atoms with E-state index in [0.717, 1.165) is 6.42 Å². The van der Waals surface area contributed by atoms with Gasteiger partial charge in [0.05, 0.1) is 6.10 Å². The van der Waals surface area contributed by atoms with Crippen LogP contribution in [0.4, 0.5) is 0 Å². The van der Waals surface area contributed by atoms with Gasteiger partial charge in [-0.1, -0.05) is 97.9 Å². The van der Waals surface area contributed by atoms with Crippen LogP contribution < -0.4 is 10.4 Å². The molecule has 1 saturated heterocycles. The number of hydrogen-bond acceptors (Lipinski definition) is 1. The maximum Gasteiger partial charge on any atom is 0.259 e. The zero-order chi connectivity index (χ0) is 16.4. The smallest absolute Gasteiger partial charge is 0.259 e. The average Bonchev–Trinajstić information content (AvgIpc) is 3.02. The molecule has 0 aromatic heterocycles. The largest absolute Gasteiger partial charge is 0.401 e. The molecule has 3 aromatic carbocycles. The van der Waals surface area contributed by atoms with Gasteiger partial charge in [0.1, 0.15) is 0 Å². The van der Waals surface area contributed by atoms with Crippen LogP contribution in [0.1, 0.15) is 25.0 Å². The molecule has 2 atom stereocenters. The van der Waals surface area contributed by atoms with Crippen molar-refractivity contribution >= 4 is 18.7 Å².